The maximum atomic E-state index is 12.0. The second-order valence-electron chi connectivity index (χ2n) is 4.83. The SMILES string of the molecule is CC(CCNC(=O)c1ccc2c(c1)NC(=O)CO2)C(=O)O. The summed E-state index contributed by atoms with van der Waals surface area (Å²) >= 11 is 0. The summed E-state index contributed by atoms with van der Waals surface area (Å²) < 4.78 is 5.20. The van der Waals surface area contributed by atoms with Crippen molar-refractivity contribution in [3.05, 3.63) is 23.8 Å². The van der Waals surface area contributed by atoms with Gasteiger partial charge in [0.1, 0.15) is 5.75 Å². The lowest BCUT2D eigenvalue weighted by atomic mass is 10.1. The molecular weight excluding hydrogens is 276 g/mol. The number of rotatable bonds is 5. The zero-order chi connectivity index (χ0) is 15.4. The summed E-state index contributed by atoms with van der Waals surface area (Å²) in [6.45, 7) is 1.82. The molecule has 2 rings (SSSR count). The van der Waals surface area contributed by atoms with E-state index in [1.807, 2.05) is 0 Å². The lowest BCUT2D eigenvalue weighted by molar-refractivity contribution is -0.141. The van der Waals surface area contributed by atoms with Crippen LogP contribution in [0.5, 0.6) is 5.75 Å². The molecule has 0 aliphatic carbocycles. The minimum absolute atomic E-state index is 0.0361. The topological polar surface area (TPSA) is 105 Å². The molecule has 1 unspecified atom stereocenters. The molecule has 0 saturated carbocycles. The predicted molar refractivity (Wildman–Crippen MR) is 74.3 cm³/mol. The molecule has 1 heterocycles. The molecule has 0 radical (unpaired) electrons. The van der Waals surface area contributed by atoms with Crippen LogP contribution in [0.3, 0.4) is 0 Å². The quantitative estimate of drug-likeness (QED) is 0.746. The Morgan fingerprint density at radius 3 is 2.95 bits per heavy atom. The van der Waals surface area contributed by atoms with Gasteiger partial charge in [-0.2, -0.15) is 0 Å². The van der Waals surface area contributed by atoms with E-state index in [2.05, 4.69) is 10.6 Å². The number of fused-ring (bicyclic) bond motifs is 1. The third-order valence-electron chi connectivity index (χ3n) is 3.16. The summed E-state index contributed by atoms with van der Waals surface area (Å²) in [5, 5.41) is 14.0. The monoisotopic (exact) mass is 292 g/mol. The average molecular weight is 292 g/mol. The standard InChI is InChI=1S/C14H16N2O5/c1-8(14(19)20)4-5-15-13(18)9-2-3-11-10(6-9)16-12(17)7-21-11/h2-3,6,8H,4-5,7H2,1H3,(H,15,18)(H,16,17)(H,19,20). The highest BCUT2D eigenvalue weighted by molar-refractivity contribution is 5.99. The van der Waals surface area contributed by atoms with Crippen molar-refractivity contribution in [2.45, 2.75) is 13.3 Å². The van der Waals surface area contributed by atoms with Crippen molar-refractivity contribution in [2.75, 3.05) is 18.5 Å². The van der Waals surface area contributed by atoms with Crippen LogP contribution in [0.4, 0.5) is 5.69 Å². The Balaban J connectivity index is 1.95. The highest BCUT2D eigenvalue weighted by Gasteiger charge is 2.18. The van der Waals surface area contributed by atoms with Crippen LogP contribution in [-0.4, -0.2) is 36.0 Å². The van der Waals surface area contributed by atoms with Crippen LogP contribution in [-0.2, 0) is 9.59 Å². The molecule has 0 aromatic heterocycles. The van der Waals surface area contributed by atoms with Crippen molar-refractivity contribution in [2.24, 2.45) is 5.92 Å². The van der Waals surface area contributed by atoms with E-state index < -0.39 is 11.9 Å². The second kappa shape index (κ2) is 6.25. The van der Waals surface area contributed by atoms with Crippen LogP contribution in [0.2, 0.25) is 0 Å². The van der Waals surface area contributed by atoms with Gasteiger partial charge < -0.3 is 20.5 Å². The van der Waals surface area contributed by atoms with E-state index in [9.17, 15) is 14.4 Å². The Hall–Kier alpha value is -2.57. The Morgan fingerprint density at radius 1 is 1.48 bits per heavy atom. The first-order chi connectivity index (χ1) is 9.97. The van der Waals surface area contributed by atoms with E-state index in [0.717, 1.165) is 0 Å². The lowest BCUT2D eigenvalue weighted by Crippen LogP contribution is -2.28. The van der Waals surface area contributed by atoms with E-state index in [4.69, 9.17) is 9.84 Å². The summed E-state index contributed by atoms with van der Waals surface area (Å²) in [4.78, 5) is 33.8. The molecule has 1 aliphatic rings. The van der Waals surface area contributed by atoms with Gasteiger partial charge in [0.25, 0.3) is 11.8 Å². The van der Waals surface area contributed by atoms with Crippen molar-refractivity contribution in [1.29, 1.82) is 0 Å². The number of ether oxygens (including phenoxy) is 1. The van der Waals surface area contributed by atoms with Gasteiger partial charge in [0.15, 0.2) is 6.61 Å². The number of anilines is 1. The highest BCUT2D eigenvalue weighted by atomic mass is 16.5. The van der Waals surface area contributed by atoms with E-state index in [0.29, 0.717) is 23.4 Å². The van der Waals surface area contributed by atoms with E-state index in [-0.39, 0.29) is 25.0 Å². The van der Waals surface area contributed by atoms with Gasteiger partial charge in [0, 0.05) is 12.1 Å². The predicted octanol–water partition coefficient (Wildman–Crippen LogP) is 0.858. The molecule has 7 heteroatoms. The molecule has 1 atom stereocenters. The van der Waals surface area contributed by atoms with Crippen LogP contribution < -0.4 is 15.4 Å². The van der Waals surface area contributed by atoms with Gasteiger partial charge >= 0.3 is 5.97 Å². The first-order valence-electron chi connectivity index (χ1n) is 6.55. The number of amides is 2. The Morgan fingerprint density at radius 2 is 2.24 bits per heavy atom. The van der Waals surface area contributed by atoms with E-state index in [1.54, 1.807) is 19.1 Å². The zero-order valence-electron chi connectivity index (χ0n) is 11.5. The lowest BCUT2D eigenvalue weighted by Gasteiger charge is -2.18. The molecule has 112 valence electrons. The largest absolute Gasteiger partial charge is 0.482 e. The molecular formula is C14H16N2O5. The summed E-state index contributed by atoms with van der Waals surface area (Å²) in [7, 11) is 0. The maximum absolute atomic E-state index is 12.0. The number of carboxylic acid groups (broad SMARTS) is 1. The van der Waals surface area contributed by atoms with Crippen molar-refractivity contribution >= 4 is 23.5 Å². The van der Waals surface area contributed by atoms with Crippen LogP contribution in [0, 0.1) is 5.92 Å². The van der Waals surface area contributed by atoms with Crippen molar-refractivity contribution in [3.63, 3.8) is 0 Å². The molecule has 21 heavy (non-hydrogen) atoms. The molecule has 0 spiro atoms. The van der Waals surface area contributed by atoms with Crippen LogP contribution in [0.1, 0.15) is 23.7 Å². The van der Waals surface area contributed by atoms with Crippen LogP contribution in [0.15, 0.2) is 18.2 Å². The first kappa shape index (κ1) is 14.8. The number of hydrogen-bond acceptors (Lipinski definition) is 4. The fourth-order valence-corrected chi connectivity index (χ4v) is 1.85. The van der Waals surface area contributed by atoms with Gasteiger partial charge in [0.05, 0.1) is 11.6 Å². The molecule has 2 amide bonds. The highest BCUT2D eigenvalue weighted by Crippen LogP contribution is 2.28. The van der Waals surface area contributed by atoms with Crippen molar-refractivity contribution in [1.82, 2.24) is 5.32 Å². The summed E-state index contributed by atoms with van der Waals surface area (Å²) in [5.41, 5.74) is 0.834. The summed E-state index contributed by atoms with van der Waals surface area (Å²) in [5.74, 6) is -1.48. The third-order valence-corrected chi connectivity index (χ3v) is 3.16. The minimum atomic E-state index is -0.891. The maximum Gasteiger partial charge on any atom is 0.306 e. The van der Waals surface area contributed by atoms with Crippen LogP contribution >= 0.6 is 0 Å². The third kappa shape index (κ3) is 3.71. The number of carbonyl (C=O) groups is 3. The fourth-order valence-electron chi connectivity index (χ4n) is 1.85. The second-order valence-corrected chi connectivity index (χ2v) is 4.83. The zero-order valence-corrected chi connectivity index (χ0v) is 11.5. The number of carboxylic acids is 1. The van der Waals surface area contributed by atoms with Crippen LogP contribution in [0.25, 0.3) is 0 Å². The summed E-state index contributed by atoms with van der Waals surface area (Å²) in [6.07, 6.45) is 0.353. The van der Waals surface area contributed by atoms with Crippen molar-refractivity contribution < 1.29 is 24.2 Å². The first-order valence-corrected chi connectivity index (χ1v) is 6.55. The van der Waals surface area contributed by atoms with Gasteiger partial charge in [0.2, 0.25) is 0 Å². The average Bonchev–Trinajstić information content (AvgIpc) is 2.45. The molecule has 1 aliphatic heterocycles. The molecule has 0 bridgehead atoms. The summed E-state index contributed by atoms with van der Waals surface area (Å²) in [6, 6.07) is 4.73. The molecule has 7 nitrogen and oxygen atoms in total. The minimum Gasteiger partial charge on any atom is -0.482 e. The molecule has 1 aromatic rings. The molecule has 1 aromatic carbocycles. The van der Waals surface area contributed by atoms with E-state index in [1.165, 1.54) is 6.07 Å². The number of carbonyl (C=O) groups excluding carboxylic acids is 2. The Kier molecular flexibility index (Phi) is 4.42. The molecule has 0 fully saturated rings. The number of hydrogen-bond donors (Lipinski definition) is 3. The number of aliphatic carboxylic acids is 1. The van der Waals surface area contributed by atoms with Crippen molar-refractivity contribution in [3.8, 4) is 5.75 Å². The number of nitrogens with one attached hydrogen (secondary N) is 2. The van der Waals surface area contributed by atoms with Gasteiger partial charge in [-0.3, -0.25) is 14.4 Å². The molecule has 3 N–H and O–H groups in total. The van der Waals surface area contributed by atoms with Gasteiger partial charge in [-0.1, -0.05) is 6.92 Å². The Labute approximate surface area is 121 Å². The number of benzene rings is 1. The van der Waals surface area contributed by atoms with Gasteiger partial charge in [-0.05, 0) is 24.6 Å². The Bertz CT molecular complexity index is 585. The smallest absolute Gasteiger partial charge is 0.306 e. The van der Waals surface area contributed by atoms with Gasteiger partial charge in [-0.15, -0.1) is 0 Å². The van der Waals surface area contributed by atoms with Gasteiger partial charge in [-0.25, -0.2) is 0 Å². The molecule has 0 saturated heterocycles. The fraction of sp³-hybridized carbons (Fsp3) is 0.357. The van der Waals surface area contributed by atoms with E-state index >= 15 is 0 Å². The normalized spacial score (nSPS) is 14.4.